The van der Waals surface area contributed by atoms with Crippen LogP contribution in [0.3, 0.4) is 0 Å². The molecule has 4 nitrogen and oxygen atoms in total. The average Bonchev–Trinajstić information content (AvgIpc) is 2.79. The third-order valence-corrected chi connectivity index (χ3v) is 6.48. The predicted octanol–water partition coefficient (Wildman–Crippen LogP) is 4.72. The van der Waals surface area contributed by atoms with Crippen LogP contribution >= 0.6 is 0 Å². The molecule has 2 aliphatic heterocycles. The maximum Gasteiger partial charge on any atom is 0.416 e. The first-order valence-corrected chi connectivity index (χ1v) is 10.6. The number of likely N-dealkylation sites (tertiary alicyclic amines) is 1. The van der Waals surface area contributed by atoms with Crippen LogP contribution in [-0.2, 0) is 16.5 Å². The van der Waals surface area contributed by atoms with Crippen LogP contribution in [0.1, 0.15) is 58.6 Å². The van der Waals surface area contributed by atoms with Gasteiger partial charge in [-0.2, -0.15) is 13.2 Å². The fourth-order valence-corrected chi connectivity index (χ4v) is 4.46. The van der Waals surface area contributed by atoms with Gasteiger partial charge in [-0.25, -0.2) is 0 Å². The van der Waals surface area contributed by atoms with Gasteiger partial charge in [0.2, 0.25) is 0 Å². The van der Waals surface area contributed by atoms with Crippen molar-refractivity contribution in [3.63, 3.8) is 0 Å². The number of ether oxygens (including phenoxy) is 1. The van der Waals surface area contributed by atoms with E-state index in [9.17, 15) is 23.1 Å². The van der Waals surface area contributed by atoms with Gasteiger partial charge in [0.25, 0.3) is 5.91 Å². The van der Waals surface area contributed by atoms with Crippen LogP contribution in [0.15, 0.2) is 48.5 Å². The number of aliphatic hydroxyl groups is 1. The summed E-state index contributed by atoms with van der Waals surface area (Å²) < 4.78 is 43.6. The molecule has 2 aromatic carbocycles. The summed E-state index contributed by atoms with van der Waals surface area (Å²) in [5, 5.41) is 10.8. The lowest BCUT2D eigenvalue weighted by Crippen LogP contribution is -2.38. The molecule has 0 aromatic heterocycles. The quantitative estimate of drug-likeness (QED) is 0.762. The lowest BCUT2D eigenvalue weighted by Gasteiger charge is -2.33. The summed E-state index contributed by atoms with van der Waals surface area (Å²) in [5.41, 5.74) is 0.715. The maximum absolute atomic E-state index is 12.9. The van der Waals surface area contributed by atoms with E-state index in [0.29, 0.717) is 44.7 Å². The fourth-order valence-electron chi connectivity index (χ4n) is 4.46. The molecule has 0 radical (unpaired) electrons. The Labute approximate surface area is 179 Å². The van der Waals surface area contributed by atoms with E-state index in [4.69, 9.17) is 4.74 Å². The number of nitrogens with zero attached hydrogens (tertiary/aromatic N) is 1. The minimum absolute atomic E-state index is 0.0589. The van der Waals surface area contributed by atoms with Crippen molar-refractivity contribution in [3.8, 4) is 0 Å². The Morgan fingerprint density at radius 1 is 0.968 bits per heavy atom. The molecule has 0 bridgehead atoms. The summed E-state index contributed by atoms with van der Waals surface area (Å²) >= 11 is 0. The van der Waals surface area contributed by atoms with Crippen molar-refractivity contribution in [2.45, 2.75) is 43.4 Å². The van der Waals surface area contributed by atoms with E-state index in [1.165, 1.54) is 0 Å². The molecule has 0 unspecified atom stereocenters. The maximum atomic E-state index is 12.9. The van der Waals surface area contributed by atoms with Gasteiger partial charge in [0.15, 0.2) is 0 Å². The molecule has 0 saturated carbocycles. The number of carbonyl (C=O) groups excluding carboxylic acids is 1. The number of hydrogen-bond donors (Lipinski definition) is 1. The van der Waals surface area contributed by atoms with Gasteiger partial charge in [0.05, 0.1) is 11.2 Å². The minimum Gasteiger partial charge on any atom is -0.385 e. The standard InChI is InChI=1S/C24H26F3NO3/c25-24(26,27)21-7-1-17(2-8-21)18-9-13-28(14-10-18)22(29)19-3-5-20(6-4-19)23(30)11-15-31-16-12-23/h1-8,18,30H,9-16H2. The number of carbonyl (C=O) groups is 1. The van der Waals surface area contributed by atoms with Gasteiger partial charge in [0, 0.05) is 44.7 Å². The van der Waals surface area contributed by atoms with E-state index in [2.05, 4.69) is 0 Å². The third kappa shape index (κ3) is 4.77. The number of amides is 1. The molecule has 0 spiro atoms. The van der Waals surface area contributed by atoms with Gasteiger partial charge in [0.1, 0.15) is 0 Å². The highest BCUT2D eigenvalue weighted by atomic mass is 19.4. The molecule has 166 valence electrons. The molecule has 2 aromatic rings. The second kappa shape index (κ2) is 8.63. The molecule has 2 saturated heterocycles. The summed E-state index contributed by atoms with van der Waals surface area (Å²) in [5.74, 6) is 0.0906. The topological polar surface area (TPSA) is 49.8 Å². The fraction of sp³-hybridized carbons (Fsp3) is 0.458. The molecule has 2 heterocycles. The summed E-state index contributed by atoms with van der Waals surface area (Å²) in [7, 11) is 0. The summed E-state index contributed by atoms with van der Waals surface area (Å²) in [6.07, 6.45) is -1.82. The minimum atomic E-state index is -4.33. The Kier molecular flexibility index (Phi) is 6.08. The van der Waals surface area contributed by atoms with E-state index < -0.39 is 17.3 Å². The first kappa shape index (κ1) is 21.8. The number of benzene rings is 2. The second-order valence-electron chi connectivity index (χ2n) is 8.41. The van der Waals surface area contributed by atoms with Crippen molar-refractivity contribution in [3.05, 3.63) is 70.8 Å². The molecular weight excluding hydrogens is 407 g/mol. The van der Waals surface area contributed by atoms with E-state index >= 15 is 0 Å². The zero-order valence-corrected chi connectivity index (χ0v) is 17.2. The highest BCUT2D eigenvalue weighted by molar-refractivity contribution is 5.94. The van der Waals surface area contributed by atoms with Gasteiger partial charge in [-0.05, 0) is 54.2 Å². The Morgan fingerprint density at radius 2 is 1.55 bits per heavy atom. The van der Waals surface area contributed by atoms with E-state index in [0.717, 1.165) is 36.1 Å². The molecule has 2 fully saturated rings. The lowest BCUT2D eigenvalue weighted by molar-refractivity contribution is -0.137. The van der Waals surface area contributed by atoms with Crippen molar-refractivity contribution in [2.75, 3.05) is 26.3 Å². The van der Waals surface area contributed by atoms with E-state index in [1.54, 1.807) is 29.2 Å². The number of piperidine rings is 1. The highest BCUT2D eigenvalue weighted by Gasteiger charge is 2.33. The Morgan fingerprint density at radius 3 is 2.10 bits per heavy atom. The highest BCUT2D eigenvalue weighted by Crippen LogP contribution is 2.34. The molecule has 1 N–H and O–H groups in total. The van der Waals surface area contributed by atoms with E-state index in [-0.39, 0.29) is 11.8 Å². The van der Waals surface area contributed by atoms with Gasteiger partial charge in [-0.3, -0.25) is 4.79 Å². The number of alkyl halides is 3. The van der Waals surface area contributed by atoms with Crippen LogP contribution in [0.5, 0.6) is 0 Å². The summed E-state index contributed by atoms with van der Waals surface area (Å²) in [4.78, 5) is 14.7. The van der Waals surface area contributed by atoms with E-state index in [1.807, 2.05) is 12.1 Å². The monoisotopic (exact) mass is 433 g/mol. The summed E-state index contributed by atoms with van der Waals surface area (Å²) in [6.45, 7) is 2.16. The van der Waals surface area contributed by atoms with Crippen LogP contribution in [0.2, 0.25) is 0 Å². The predicted molar refractivity (Wildman–Crippen MR) is 110 cm³/mol. The number of halogens is 3. The Balaban J connectivity index is 1.36. The smallest absolute Gasteiger partial charge is 0.385 e. The summed E-state index contributed by atoms with van der Waals surface area (Å²) in [6, 6.07) is 12.5. The van der Waals surface area contributed by atoms with Crippen LogP contribution in [0.25, 0.3) is 0 Å². The molecule has 31 heavy (non-hydrogen) atoms. The molecule has 7 heteroatoms. The lowest BCUT2D eigenvalue weighted by atomic mass is 9.86. The molecule has 0 aliphatic carbocycles. The van der Waals surface area contributed by atoms with Crippen molar-refractivity contribution in [1.29, 1.82) is 0 Å². The molecule has 0 atom stereocenters. The van der Waals surface area contributed by atoms with Crippen LogP contribution < -0.4 is 0 Å². The zero-order chi connectivity index (χ0) is 22.1. The Bertz CT molecular complexity index is 895. The first-order chi connectivity index (χ1) is 14.8. The van der Waals surface area contributed by atoms with Crippen LogP contribution in [0, 0.1) is 0 Å². The van der Waals surface area contributed by atoms with Crippen molar-refractivity contribution < 1.29 is 27.8 Å². The van der Waals surface area contributed by atoms with Crippen molar-refractivity contribution in [2.24, 2.45) is 0 Å². The largest absolute Gasteiger partial charge is 0.416 e. The number of hydrogen-bond acceptors (Lipinski definition) is 3. The molecule has 2 aliphatic rings. The second-order valence-corrected chi connectivity index (χ2v) is 8.41. The molecule has 1 amide bonds. The average molecular weight is 433 g/mol. The molecule has 4 rings (SSSR count). The SMILES string of the molecule is O=C(c1ccc(C2(O)CCOCC2)cc1)N1CCC(c2ccc(C(F)(F)F)cc2)CC1. The van der Waals surface area contributed by atoms with Gasteiger partial charge in [-0.1, -0.05) is 24.3 Å². The third-order valence-electron chi connectivity index (χ3n) is 6.48. The van der Waals surface area contributed by atoms with Crippen LogP contribution in [0.4, 0.5) is 13.2 Å². The van der Waals surface area contributed by atoms with Gasteiger partial charge in [-0.15, -0.1) is 0 Å². The van der Waals surface area contributed by atoms with Gasteiger partial charge >= 0.3 is 6.18 Å². The number of rotatable bonds is 3. The van der Waals surface area contributed by atoms with Crippen LogP contribution in [-0.4, -0.2) is 42.2 Å². The molecular formula is C24H26F3NO3. The van der Waals surface area contributed by atoms with Gasteiger partial charge < -0.3 is 14.7 Å². The van der Waals surface area contributed by atoms with Crippen molar-refractivity contribution in [1.82, 2.24) is 4.90 Å². The first-order valence-electron chi connectivity index (χ1n) is 10.6. The Hall–Kier alpha value is -2.38. The normalized spacial score (nSPS) is 19.9. The van der Waals surface area contributed by atoms with Crippen molar-refractivity contribution >= 4 is 5.91 Å². The zero-order valence-electron chi connectivity index (χ0n) is 17.2.